The van der Waals surface area contributed by atoms with E-state index in [2.05, 4.69) is 26.6 Å². The van der Waals surface area contributed by atoms with Crippen molar-refractivity contribution in [1.29, 1.82) is 0 Å². The molecule has 1 saturated carbocycles. The van der Waals surface area contributed by atoms with Crippen LogP contribution in [0.4, 0.5) is 5.69 Å². The first-order chi connectivity index (χ1) is 9.45. The van der Waals surface area contributed by atoms with Crippen LogP contribution in [0.1, 0.15) is 16.8 Å². The highest BCUT2D eigenvalue weighted by Gasteiger charge is 2.48. The van der Waals surface area contributed by atoms with E-state index in [9.17, 15) is 14.4 Å². The molecule has 2 amide bonds. The fourth-order valence-electron chi connectivity index (χ4n) is 1.92. The van der Waals surface area contributed by atoms with Crippen molar-refractivity contribution < 1.29 is 19.5 Å². The molecule has 1 aliphatic carbocycles. The maximum atomic E-state index is 11.9. The lowest BCUT2D eigenvalue weighted by molar-refractivity contribution is -0.139. The van der Waals surface area contributed by atoms with Crippen LogP contribution in [-0.2, 0) is 9.59 Å². The minimum absolute atomic E-state index is 0.275. The largest absolute Gasteiger partial charge is 0.481 e. The van der Waals surface area contributed by atoms with Gasteiger partial charge in [0.2, 0.25) is 5.91 Å². The minimum atomic E-state index is -0.955. The lowest BCUT2D eigenvalue weighted by Crippen LogP contribution is -2.20. The van der Waals surface area contributed by atoms with E-state index in [0.717, 1.165) is 0 Å². The SMILES string of the molecule is CNC(=O)c1cccc(NC(=O)[C@@H]2C[C@@H]2C(=O)O)c1Br. The maximum Gasteiger partial charge on any atom is 0.307 e. The lowest BCUT2D eigenvalue weighted by atomic mass is 10.2. The van der Waals surface area contributed by atoms with Gasteiger partial charge in [0.1, 0.15) is 0 Å². The molecule has 2 atom stereocenters. The summed E-state index contributed by atoms with van der Waals surface area (Å²) in [5.41, 5.74) is 0.850. The highest BCUT2D eigenvalue weighted by atomic mass is 79.9. The number of rotatable bonds is 4. The van der Waals surface area contributed by atoms with Gasteiger partial charge in [-0.3, -0.25) is 14.4 Å². The maximum absolute atomic E-state index is 11.9. The first-order valence-electron chi connectivity index (χ1n) is 6.00. The molecule has 3 N–H and O–H groups in total. The molecule has 6 nitrogen and oxygen atoms in total. The average molecular weight is 341 g/mol. The first kappa shape index (κ1) is 14.5. The quantitative estimate of drug-likeness (QED) is 0.773. The molecule has 0 heterocycles. The molecule has 0 spiro atoms. The second-order valence-corrected chi connectivity index (χ2v) is 5.32. The number of benzene rings is 1. The second kappa shape index (κ2) is 5.62. The number of aliphatic carboxylic acids is 1. The zero-order chi connectivity index (χ0) is 14.9. The molecule has 106 valence electrons. The van der Waals surface area contributed by atoms with Gasteiger partial charge in [-0.2, -0.15) is 0 Å². The smallest absolute Gasteiger partial charge is 0.307 e. The van der Waals surface area contributed by atoms with E-state index < -0.39 is 17.8 Å². The summed E-state index contributed by atoms with van der Waals surface area (Å²) in [6, 6.07) is 4.91. The molecule has 0 unspecified atom stereocenters. The summed E-state index contributed by atoms with van der Waals surface area (Å²) >= 11 is 3.27. The number of amides is 2. The predicted octanol–water partition coefficient (Wildman–Crippen LogP) is 1.47. The Bertz CT molecular complexity index is 588. The summed E-state index contributed by atoms with van der Waals surface area (Å²) in [5.74, 6) is -2.67. The summed E-state index contributed by atoms with van der Waals surface area (Å²) in [7, 11) is 1.52. The Kier molecular flexibility index (Phi) is 4.08. The summed E-state index contributed by atoms with van der Waals surface area (Å²) in [6.07, 6.45) is 0.355. The number of nitrogens with one attached hydrogen (secondary N) is 2. The number of carbonyl (C=O) groups excluding carboxylic acids is 2. The molecule has 1 aromatic carbocycles. The second-order valence-electron chi connectivity index (χ2n) is 4.52. The molecule has 7 heteroatoms. The van der Waals surface area contributed by atoms with Crippen molar-refractivity contribution in [2.45, 2.75) is 6.42 Å². The molecule has 1 aromatic rings. The van der Waals surface area contributed by atoms with Crippen LogP contribution in [-0.4, -0.2) is 29.9 Å². The molecular weight excluding hydrogens is 328 g/mol. The average Bonchev–Trinajstić information content (AvgIpc) is 3.20. The van der Waals surface area contributed by atoms with Gasteiger partial charge < -0.3 is 15.7 Å². The zero-order valence-corrected chi connectivity index (χ0v) is 12.2. The Morgan fingerprint density at radius 1 is 1.30 bits per heavy atom. The topological polar surface area (TPSA) is 95.5 Å². The Morgan fingerprint density at radius 3 is 2.55 bits per heavy atom. The molecule has 0 saturated heterocycles. The number of hydrogen-bond donors (Lipinski definition) is 3. The Balaban J connectivity index is 2.13. The van der Waals surface area contributed by atoms with Crippen molar-refractivity contribution in [3.63, 3.8) is 0 Å². The van der Waals surface area contributed by atoms with E-state index >= 15 is 0 Å². The summed E-state index contributed by atoms with van der Waals surface area (Å²) in [4.78, 5) is 34.3. The molecule has 0 radical (unpaired) electrons. The Morgan fingerprint density at radius 2 is 2.00 bits per heavy atom. The monoisotopic (exact) mass is 340 g/mol. The number of anilines is 1. The first-order valence-corrected chi connectivity index (χ1v) is 6.79. The van der Waals surface area contributed by atoms with E-state index in [0.29, 0.717) is 22.1 Å². The minimum Gasteiger partial charge on any atom is -0.481 e. The van der Waals surface area contributed by atoms with Crippen LogP contribution < -0.4 is 10.6 Å². The van der Waals surface area contributed by atoms with Gasteiger partial charge in [0.15, 0.2) is 0 Å². The van der Waals surface area contributed by atoms with E-state index in [1.807, 2.05) is 0 Å². The molecule has 0 aliphatic heterocycles. The third-order valence-electron chi connectivity index (χ3n) is 3.17. The molecule has 20 heavy (non-hydrogen) atoms. The summed E-state index contributed by atoms with van der Waals surface area (Å²) in [5, 5.41) is 13.9. The van der Waals surface area contributed by atoms with Crippen LogP contribution in [0, 0.1) is 11.8 Å². The highest BCUT2D eigenvalue weighted by Crippen LogP contribution is 2.40. The number of carboxylic acid groups (broad SMARTS) is 1. The fraction of sp³-hybridized carbons (Fsp3) is 0.308. The molecule has 2 rings (SSSR count). The molecule has 1 fully saturated rings. The van der Waals surface area contributed by atoms with Crippen molar-refractivity contribution in [1.82, 2.24) is 5.32 Å². The van der Waals surface area contributed by atoms with Crippen molar-refractivity contribution in [3.8, 4) is 0 Å². The van der Waals surface area contributed by atoms with Crippen LogP contribution in [0.5, 0.6) is 0 Å². The number of halogens is 1. The van der Waals surface area contributed by atoms with Gasteiger partial charge in [-0.1, -0.05) is 6.07 Å². The van der Waals surface area contributed by atoms with Crippen molar-refractivity contribution in [2.24, 2.45) is 11.8 Å². The van der Waals surface area contributed by atoms with Crippen LogP contribution >= 0.6 is 15.9 Å². The Labute approximate surface area is 123 Å². The van der Waals surface area contributed by atoms with Gasteiger partial charge in [0.05, 0.1) is 27.6 Å². The van der Waals surface area contributed by atoms with Crippen molar-refractivity contribution in [2.75, 3.05) is 12.4 Å². The van der Waals surface area contributed by atoms with Crippen LogP contribution in [0.3, 0.4) is 0 Å². The summed E-state index contributed by atoms with van der Waals surface area (Å²) in [6.45, 7) is 0. The van der Waals surface area contributed by atoms with E-state index in [1.54, 1.807) is 18.2 Å². The van der Waals surface area contributed by atoms with E-state index in [1.165, 1.54) is 7.05 Å². The normalized spacial score (nSPS) is 20.1. The van der Waals surface area contributed by atoms with Gasteiger partial charge in [-0.25, -0.2) is 0 Å². The van der Waals surface area contributed by atoms with Crippen molar-refractivity contribution in [3.05, 3.63) is 28.2 Å². The fourth-order valence-corrected chi connectivity index (χ4v) is 2.47. The molecule has 0 bridgehead atoms. The number of hydrogen-bond acceptors (Lipinski definition) is 3. The summed E-state index contributed by atoms with van der Waals surface area (Å²) < 4.78 is 0.472. The van der Waals surface area contributed by atoms with Crippen LogP contribution in [0.2, 0.25) is 0 Å². The third kappa shape index (κ3) is 2.82. The standard InChI is InChI=1S/C13H13BrN2O4/c1-15-11(17)6-3-2-4-9(10(6)14)16-12(18)7-5-8(7)13(19)20/h2-4,7-8H,5H2,1H3,(H,15,17)(H,16,18)(H,19,20)/t7-,8+/m1/s1. The molecule has 1 aliphatic rings. The van der Waals surface area contributed by atoms with Gasteiger partial charge in [-0.05, 0) is 34.5 Å². The Hall–Kier alpha value is -1.89. The molecular formula is C13H13BrN2O4. The predicted molar refractivity (Wildman–Crippen MR) is 75.4 cm³/mol. The van der Waals surface area contributed by atoms with Gasteiger partial charge >= 0.3 is 5.97 Å². The van der Waals surface area contributed by atoms with Gasteiger partial charge in [-0.15, -0.1) is 0 Å². The van der Waals surface area contributed by atoms with E-state index in [4.69, 9.17) is 5.11 Å². The van der Waals surface area contributed by atoms with Gasteiger partial charge in [0, 0.05) is 7.05 Å². The highest BCUT2D eigenvalue weighted by molar-refractivity contribution is 9.10. The van der Waals surface area contributed by atoms with Gasteiger partial charge in [0.25, 0.3) is 5.91 Å². The van der Waals surface area contributed by atoms with Crippen molar-refractivity contribution >= 4 is 39.4 Å². The lowest BCUT2D eigenvalue weighted by Gasteiger charge is -2.10. The molecule has 0 aromatic heterocycles. The van der Waals surface area contributed by atoms with E-state index in [-0.39, 0.29) is 11.8 Å². The number of carboxylic acids is 1. The zero-order valence-electron chi connectivity index (χ0n) is 10.6. The third-order valence-corrected chi connectivity index (χ3v) is 4.03. The van der Waals surface area contributed by atoms with Crippen LogP contribution in [0.15, 0.2) is 22.7 Å². The van der Waals surface area contributed by atoms with Crippen LogP contribution in [0.25, 0.3) is 0 Å². The number of carbonyl (C=O) groups is 3.